The van der Waals surface area contributed by atoms with Gasteiger partial charge in [0.05, 0.1) is 12.7 Å². The summed E-state index contributed by atoms with van der Waals surface area (Å²) in [6.45, 7) is 2.13. The lowest BCUT2D eigenvalue weighted by molar-refractivity contribution is 0.0600. The van der Waals surface area contributed by atoms with Gasteiger partial charge in [-0.1, -0.05) is 13.0 Å². The Morgan fingerprint density at radius 2 is 2.20 bits per heavy atom. The molecular weight excluding hydrogens is 188 g/mol. The van der Waals surface area contributed by atoms with Crippen molar-refractivity contribution >= 4 is 5.97 Å². The Balaban J connectivity index is 2.33. The molecule has 0 N–H and O–H groups in total. The summed E-state index contributed by atoms with van der Waals surface area (Å²) in [5, 5.41) is 0. The van der Waals surface area contributed by atoms with Gasteiger partial charge < -0.3 is 4.74 Å². The number of benzene rings is 1. The molecule has 0 spiro atoms. The number of hydrogen-bond donors (Lipinski definition) is 0. The van der Waals surface area contributed by atoms with Crippen LogP contribution < -0.4 is 0 Å². The third kappa shape index (κ3) is 2.04. The molecule has 0 amide bonds. The molecule has 1 saturated carbocycles. The molecule has 0 aromatic heterocycles. The fourth-order valence-corrected chi connectivity index (χ4v) is 1.95. The number of rotatable bonds is 3. The first-order chi connectivity index (χ1) is 7.26. The van der Waals surface area contributed by atoms with Crippen LogP contribution in [0.25, 0.3) is 0 Å². The van der Waals surface area contributed by atoms with Crippen molar-refractivity contribution in [1.29, 1.82) is 0 Å². The van der Waals surface area contributed by atoms with E-state index in [0.29, 0.717) is 5.56 Å². The molecule has 15 heavy (non-hydrogen) atoms. The highest BCUT2D eigenvalue weighted by Crippen LogP contribution is 2.41. The third-order valence-electron chi connectivity index (χ3n) is 2.96. The van der Waals surface area contributed by atoms with E-state index >= 15 is 0 Å². The van der Waals surface area contributed by atoms with E-state index in [1.54, 1.807) is 0 Å². The summed E-state index contributed by atoms with van der Waals surface area (Å²) in [5.74, 6) is 0.499. The summed E-state index contributed by atoms with van der Waals surface area (Å²) >= 11 is 0. The number of carbonyl (C=O) groups excluding carboxylic acids is 1. The topological polar surface area (TPSA) is 26.3 Å². The van der Waals surface area contributed by atoms with Crippen LogP contribution in [0.1, 0.15) is 47.2 Å². The van der Waals surface area contributed by atoms with Crippen molar-refractivity contribution in [3.05, 3.63) is 34.9 Å². The summed E-state index contributed by atoms with van der Waals surface area (Å²) in [4.78, 5) is 11.4. The second kappa shape index (κ2) is 4.05. The van der Waals surface area contributed by atoms with Crippen LogP contribution in [-0.2, 0) is 11.2 Å². The average Bonchev–Trinajstić information content (AvgIpc) is 3.11. The summed E-state index contributed by atoms with van der Waals surface area (Å²) in [6.07, 6.45) is 3.58. The predicted molar refractivity (Wildman–Crippen MR) is 59.1 cm³/mol. The van der Waals surface area contributed by atoms with Gasteiger partial charge in [0.1, 0.15) is 0 Å². The molecular formula is C13H16O2. The SMILES string of the molecule is CCc1cc(C(=O)OC)ccc1C1CC1. The average molecular weight is 204 g/mol. The molecule has 1 aromatic carbocycles. The van der Waals surface area contributed by atoms with Crippen molar-refractivity contribution in [1.82, 2.24) is 0 Å². The van der Waals surface area contributed by atoms with Crippen LogP contribution in [0.2, 0.25) is 0 Å². The van der Waals surface area contributed by atoms with Crippen LogP contribution in [0.4, 0.5) is 0 Å². The number of carbonyl (C=O) groups is 1. The monoisotopic (exact) mass is 204 g/mol. The van der Waals surface area contributed by atoms with Gasteiger partial charge in [0.25, 0.3) is 0 Å². The van der Waals surface area contributed by atoms with E-state index in [4.69, 9.17) is 4.74 Å². The van der Waals surface area contributed by atoms with Crippen LogP contribution in [0, 0.1) is 0 Å². The first-order valence-corrected chi connectivity index (χ1v) is 5.47. The van der Waals surface area contributed by atoms with Gasteiger partial charge in [-0.3, -0.25) is 0 Å². The van der Waals surface area contributed by atoms with Crippen LogP contribution >= 0.6 is 0 Å². The number of methoxy groups -OCH3 is 1. The van der Waals surface area contributed by atoms with Crippen LogP contribution in [0.15, 0.2) is 18.2 Å². The standard InChI is InChI=1S/C13H16O2/c1-3-9-8-11(13(14)15-2)6-7-12(9)10-4-5-10/h6-8,10H,3-5H2,1-2H3. The van der Waals surface area contributed by atoms with Gasteiger partial charge in [0.2, 0.25) is 0 Å². The highest BCUT2D eigenvalue weighted by Gasteiger charge is 2.25. The highest BCUT2D eigenvalue weighted by atomic mass is 16.5. The molecule has 2 rings (SSSR count). The van der Waals surface area contributed by atoms with Crippen LogP contribution in [0.3, 0.4) is 0 Å². The Morgan fingerprint density at radius 1 is 1.47 bits per heavy atom. The molecule has 0 heterocycles. The minimum Gasteiger partial charge on any atom is -0.465 e. The molecule has 80 valence electrons. The fraction of sp³-hybridized carbons (Fsp3) is 0.462. The van der Waals surface area contributed by atoms with Gasteiger partial charge in [-0.25, -0.2) is 4.79 Å². The zero-order valence-electron chi connectivity index (χ0n) is 9.25. The zero-order valence-corrected chi connectivity index (χ0v) is 9.25. The van der Waals surface area contributed by atoms with E-state index in [9.17, 15) is 4.79 Å². The van der Waals surface area contributed by atoms with E-state index in [1.165, 1.54) is 31.1 Å². The molecule has 0 bridgehead atoms. The Labute approximate surface area is 90.3 Å². The zero-order chi connectivity index (χ0) is 10.8. The van der Waals surface area contributed by atoms with Crippen molar-refractivity contribution in [2.75, 3.05) is 7.11 Å². The molecule has 1 fully saturated rings. The lowest BCUT2D eigenvalue weighted by Crippen LogP contribution is -2.03. The molecule has 1 aliphatic carbocycles. The Morgan fingerprint density at radius 3 is 2.73 bits per heavy atom. The molecule has 2 nitrogen and oxygen atoms in total. The van der Waals surface area contributed by atoms with Crippen molar-refractivity contribution in [3.8, 4) is 0 Å². The fourth-order valence-electron chi connectivity index (χ4n) is 1.95. The van der Waals surface area contributed by atoms with Crippen LogP contribution in [0.5, 0.6) is 0 Å². The Kier molecular flexibility index (Phi) is 2.76. The number of hydrogen-bond acceptors (Lipinski definition) is 2. The minimum absolute atomic E-state index is 0.243. The van der Waals surface area contributed by atoms with Gasteiger partial charge in [0, 0.05) is 0 Å². The van der Waals surface area contributed by atoms with E-state index in [-0.39, 0.29) is 5.97 Å². The van der Waals surface area contributed by atoms with Crippen molar-refractivity contribution in [2.24, 2.45) is 0 Å². The van der Waals surface area contributed by atoms with Gasteiger partial charge in [-0.05, 0) is 48.4 Å². The van der Waals surface area contributed by atoms with E-state index in [2.05, 4.69) is 13.0 Å². The maximum absolute atomic E-state index is 11.4. The Hall–Kier alpha value is -1.31. The maximum atomic E-state index is 11.4. The van der Waals surface area contributed by atoms with Crippen LogP contribution in [-0.4, -0.2) is 13.1 Å². The Bertz CT molecular complexity index is 378. The summed E-state index contributed by atoms with van der Waals surface area (Å²) in [6, 6.07) is 5.93. The molecule has 1 aromatic rings. The third-order valence-corrected chi connectivity index (χ3v) is 2.96. The van der Waals surface area contributed by atoms with Gasteiger partial charge in [-0.2, -0.15) is 0 Å². The lowest BCUT2D eigenvalue weighted by Gasteiger charge is -2.08. The molecule has 0 aliphatic heterocycles. The summed E-state index contributed by atoms with van der Waals surface area (Å²) in [5.41, 5.74) is 3.38. The van der Waals surface area contributed by atoms with E-state index in [1.807, 2.05) is 12.1 Å². The van der Waals surface area contributed by atoms with Crippen molar-refractivity contribution in [2.45, 2.75) is 32.1 Å². The van der Waals surface area contributed by atoms with Gasteiger partial charge in [-0.15, -0.1) is 0 Å². The largest absolute Gasteiger partial charge is 0.465 e. The quantitative estimate of drug-likeness (QED) is 0.708. The number of ether oxygens (including phenoxy) is 1. The van der Waals surface area contributed by atoms with Crippen molar-refractivity contribution < 1.29 is 9.53 Å². The molecule has 0 radical (unpaired) electrons. The number of aryl methyl sites for hydroxylation is 1. The van der Waals surface area contributed by atoms with Crippen molar-refractivity contribution in [3.63, 3.8) is 0 Å². The van der Waals surface area contributed by atoms with Gasteiger partial charge in [0.15, 0.2) is 0 Å². The maximum Gasteiger partial charge on any atom is 0.337 e. The summed E-state index contributed by atoms with van der Waals surface area (Å²) < 4.78 is 4.71. The van der Waals surface area contributed by atoms with E-state index < -0.39 is 0 Å². The number of esters is 1. The predicted octanol–water partition coefficient (Wildman–Crippen LogP) is 2.91. The minimum atomic E-state index is -0.243. The summed E-state index contributed by atoms with van der Waals surface area (Å²) in [7, 11) is 1.42. The lowest BCUT2D eigenvalue weighted by atomic mass is 9.98. The molecule has 1 aliphatic rings. The molecule has 0 saturated heterocycles. The normalized spacial score (nSPS) is 15.1. The highest BCUT2D eigenvalue weighted by molar-refractivity contribution is 5.89. The molecule has 0 unspecified atom stereocenters. The molecule has 0 atom stereocenters. The smallest absolute Gasteiger partial charge is 0.337 e. The molecule has 2 heteroatoms. The second-order valence-corrected chi connectivity index (χ2v) is 4.03. The van der Waals surface area contributed by atoms with E-state index in [0.717, 1.165) is 12.3 Å². The van der Waals surface area contributed by atoms with Gasteiger partial charge >= 0.3 is 5.97 Å². The first kappa shape index (κ1) is 10.2. The second-order valence-electron chi connectivity index (χ2n) is 4.03. The first-order valence-electron chi connectivity index (χ1n) is 5.47.